The highest BCUT2D eigenvalue weighted by Gasteiger charge is 2.28. The maximum Gasteiger partial charge on any atom is 0.235 e. The van der Waals surface area contributed by atoms with Crippen LogP contribution in [0.3, 0.4) is 0 Å². The number of aromatic nitrogens is 2. The van der Waals surface area contributed by atoms with E-state index in [1.807, 2.05) is 5.38 Å². The van der Waals surface area contributed by atoms with E-state index < -0.39 is 0 Å². The predicted molar refractivity (Wildman–Crippen MR) is 132 cm³/mol. The van der Waals surface area contributed by atoms with Crippen LogP contribution in [-0.4, -0.2) is 33.9 Å². The second-order valence-corrected chi connectivity index (χ2v) is 10.6. The molecule has 1 amide bonds. The van der Waals surface area contributed by atoms with Crippen molar-refractivity contribution in [1.29, 1.82) is 5.26 Å². The van der Waals surface area contributed by atoms with Gasteiger partial charge in [-0.3, -0.25) is 4.79 Å². The summed E-state index contributed by atoms with van der Waals surface area (Å²) in [6.07, 6.45) is 6.12. The fourth-order valence-corrected chi connectivity index (χ4v) is 6.32. The summed E-state index contributed by atoms with van der Waals surface area (Å²) in [5, 5.41) is 14.9. The number of halogens is 1. The van der Waals surface area contributed by atoms with Gasteiger partial charge in [0, 0.05) is 23.2 Å². The Labute approximate surface area is 206 Å². The minimum Gasteiger partial charge on any atom is -0.376 e. The van der Waals surface area contributed by atoms with Crippen LogP contribution < -0.4 is 5.32 Å². The van der Waals surface area contributed by atoms with Crippen LogP contribution in [0.1, 0.15) is 42.5 Å². The molecule has 6 nitrogen and oxygen atoms in total. The van der Waals surface area contributed by atoms with Gasteiger partial charge in [-0.05, 0) is 68.4 Å². The number of anilines is 1. The molecule has 1 fully saturated rings. The van der Waals surface area contributed by atoms with E-state index in [9.17, 15) is 14.4 Å². The summed E-state index contributed by atoms with van der Waals surface area (Å²) in [5.74, 6) is 0.356. The van der Waals surface area contributed by atoms with E-state index >= 15 is 0 Å². The Morgan fingerprint density at radius 1 is 1.29 bits per heavy atom. The average Bonchev–Trinajstić information content (AvgIpc) is 3.59. The van der Waals surface area contributed by atoms with Gasteiger partial charge in [0.15, 0.2) is 4.34 Å². The van der Waals surface area contributed by atoms with E-state index in [0.717, 1.165) is 66.3 Å². The predicted octanol–water partition coefficient (Wildman–Crippen LogP) is 5.41. The summed E-state index contributed by atoms with van der Waals surface area (Å²) in [7, 11) is 0. The maximum atomic E-state index is 13.2. The maximum absolute atomic E-state index is 13.2. The first-order chi connectivity index (χ1) is 16.6. The average molecular weight is 497 g/mol. The first-order valence-electron chi connectivity index (χ1n) is 11.5. The number of carbonyl (C=O) groups is 1. The van der Waals surface area contributed by atoms with E-state index in [4.69, 9.17) is 4.74 Å². The van der Waals surface area contributed by atoms with Crippen LogP contribution in [0.2, 0.25) is 0 Å². The van der Waals surface area contributed by atoms with Crippen molar-refractivity contribution in [2.24, 2.45) is 0 Å². The third-order valence-electron chi connectivity index (χ3n) is 6.30. The lowest BCUT2D eigenvalue weighted by molar-refractivity contribution is -0.113. The molecule has 1 N–H and O–H groups in total. The molecule has 1 aromatic carbocycles. The lowest BCUT2D eigenvalue weighted by Gasteiger charge is -2.19. The van der Waals surface area contributed by atoms with Crippen molar-refractivity contribution >= 4 is 34.8 Å². The van der Waals surface area contributed by atoms with Gasteiger partial charge in [0.2, 0.25) is 5.91 Å². The number of rotatable bonds is 7. The molecule has 3 aromatic rings. The Bertz CT molecular complexity index is 1220. The standard InChI is InChI=1S/C25H25FN4O2S2/c26-17-9-7-16(8-10-17)21-14-33-25(28-21)34-15-23(31)29-24-20(12-27)19-5-1-2-6-22(19)30(24)13-18-4-3-11-32-18/h7-10,14,18H,1-6,11,13,15H2,(H,29,31). The van der Waals surface area contributed by atoms with Gasteiger partial charge in [0.05, 0.1) is 29.7 Å². The number of thioether (sulfide) groups is 1. The van der Waals surface area contributed by atoms with E-state index in [2.05, 4.69) is 20.9 Å². The first-order valence-corrected chi connectivity index (χ1v) is 13.4. The van der Waals surface area contributed by atoms with Crippen molar-refractivity contribution in [2.75, 3.05) is 17.7 Å². The molecule has 1 aliphatic carbocycles. The van der Waals surface area contributed by atoms with Crippen molar-refractivity contribution < 1.29 is 13.9 Å². The first kappa shape index (κ1) is 23.1. The molecule has 34 heavy (non-hydrogen) atoms. The molecule has 1 aliphatic heterocycles. The summed E-state index contributed by atoms with van der Waals surface area (Å²) in [6, 6.07) is 8.56. The summed E-state index contributed by atoms with van der Waals surface area (Å²) < 4.78 is 21.9. The summed E-state index contributed by atoms with van der Waals surface area (Å²) >= 11 is 2.81. The molecular formula is C25H25FN4O2S2. The third-order valence-corrected chi connectivity index (χ3v) is 8.32. The number of fused-ring (bicyclic) bond motifs is 1. The number of thiazole rings is 1. The highest BCUT2D eigenvalue weighted by molar-refractivity contribution is 8.01. The fourth-order valence-electron chi connectivity index (χ4n) is 4.69. The molecule has 0 saturated carbocycles. The van der Waals surface area contributed by atoms with Gasteiger partial charge in [0.1, 0.15) is 17.7 Å². The molecular weight excluding hydrogens is 471 g/mol. The van der Waals surface area contributed by atoms with Gasteiger partial charge < -0.3 is 14.6 Å². The zero-order valence-corrected chi connectivity index (χ0v) is 20.3. The number of hydrogen-bond acceptors (Lipinski definition) is 6. The molecule has 2 aliphatic rings. The number of nitriles is 1. The van der Waals surface area contributed by atoms with Crippen molar-refractivity contribution in [3.8, 4) is 17.3 Å². The van der Waals surface area contributed by atoms with Crippen molar-refractivity contribution in [3.63, 3.8) is 0 Å². The van der Waals surface area contributed by atoms with E-state index in [1.54, 1.807) is 12.1 Å². The van der Waals surface area contributed by atoms with Crippen LogP contribution in [0.25, 0.3) is 11.3 Å². The molecule has 0 bridgehead atoms. The number of hydrogen-bond donors (Lipinski definition) is 1. The summed E-state index contributed by atoms with van der Waals surface area (Å²) in [4.78, 5) is 17.5. The number of carbonyl (C=O) groups excluding carboxylic acids is 1. The molecule has 2 aromatic heterocycles. The molecule has 1 atom stereocenters. The largest absolute Gasteiger partial charge is 0.376 e. The smallest absolute Gasteiger partial charge is 0.235 e. The normalized spacial score (nSPS) is 17.4. The molecule has 176 valence electrons. The number of nitrogens with zero attached hydrogens (tertiary/aromatic N) is 3. The topological polar surface area (TPSA) is 79.9 Å². The van der Waals surface area contributed by atoms with Crippen LogP contribution in [0.5, 0.6) is 0 Å². The monoisotopic (exact) mass is 496 g/mol. The number of ether oxygens (including phenoxy) is 1. The van der Waals surface area contributed by atoms with Gasteiger partial charge >= 0.3 is 0 Å². The van der Waals surface area contributed by atoms with E-state index in [0.29, 0.717) is 17.9 Å². The fraction of sp³-hybridized carbons (Fsp3) is 0.400. The van der Waals surface area contributed by atoms with Crippen LogP contribution in [0.15, 0.2) is 34.0 Å². The Kier molecular flexibility index (Phi) is 6.99. The van der Waals surface area contributed by atoms with Gasteiger partial charge in [-0.1, -0.05) is 11.8 Å². The van der Waals surface area contributed by atoms with Crippen LogP contribution in [-0.2, 0) is 28.9 Å². The molecule has 5 rings (SSSR count). The third kappa shape index (κ3) is 4.90. The van der Waals surface area contributed by atoms with Crippen molar-refractivity contribution in [3.05, 3.63) is 52.3 Å². The highest BCUT2D eigenvalue weighted by Crippen LogP contribution is 2.35. The number of nitrogens with one attached hydrogen (secondary N) is 1. The van der Waals surface area contributed by atoms with Gasteiger partial charge in [-0.15, -0.1) is 11.3 Å². The minimum atomic E-state index is -0.284. The Hall–Kier alpha value is -2.67. The zero-order valence-electron chi connectivity index (χ0n) is 18.7. The second-order valence-electron chi connectivity index (χ2n) is 8.56. The van der Waals surface area contributed by atoms with Gasteiger partial charge in [0.25, 0.3) is 0 Å². The van der Waals surface area contributed by atoms with Gasteiger partial charge in [-0.2, -0.15) is 5.26 Å². The molecule has 0 radical (unpaired) electrons. The highest BCUT2D eigenvalue weighted by atomic mass is 32.2. The number of benzene rings is 1. The van der Waals surface area contributed by atoms with Crippen LogP contribution in [0.4, 0.5) is 10.2 Å². The zero-order chi connectivity index (χ0) is 23.5. The molecule has 0 spiro atoms. The lowest BCUT2D eigenvalue weighted by atomic mass is 9.95. The molecule has 1 saturated heterocycles. The molecule has 1 unspecified atom stereocenters. The Balaban J connectivity index is 1.30. The second kappa shape index (κ2) is 10.3. The van der Waals surface area contributed by atoms with Crippen LogP contribution >= 0.6 is 23.1 Å². The number of amides is 1. The minimum absolute atomic E-state index is 0.121. The Morgan fingerprint density at radius 2 is 2.12 bits per heavy atom. The van der Waals surface area contributed by atoms with E-state index in [1.165, 1.54) is 40.9 Å². The molecule has 9 heteroatoms. The summed E-state index contributed by atoms with van der Waals surface area (Å²) in [6.45, 7) is 1.44. The van der Waals surface area contributed by atoms with Crippen molar-refractivity contribution in [2.45, 2.75) is 55.5 Å². The SMILES string of the molecule is N#Cc1c2c(n(CC3CCCO3)c1NC(=O)CSc1nc(-c3ccc(F)cc3)cs1)CCCC2. The van der Waals surface area contributed by atoms with Crippen molar-refractivity contribution in [1.82, 2.24) is 9.55 Å². The van der Waals surface area contributed by atoms with E-state index in [-0.39, 0.29) is 23.6 Å². The lowest BCUT2D eigenvalue weighted by Crippen LogP contribution is -2.22. The Morgan fingerprint density at radius 3 is 2.88 bits per heavy atom. The molecule has 3 heterocycles. The van der Waals surface area contributed by atoms with Gasteiger partial charge in [-0.25, -0.2) is 9.37 Å². The quantitative estimate of drug-likeness (QED) is 0.443. The summed E-state index contributed by atoms with van der Waals surface area (Å²) in [5.41, 5.74) is 4.45. The van der Waals surface area contributed by atoms with Crippen LogP contribution in [0, 0.1) is 17.1 Å².